The molecular formula is C13H14ClN3O3. The largest absolute Gasteiger partial charge is 0.462 e. The summed E-state index contributed by atoms with van der Waals surface area (Å²) in [6.07, 6.45) is 1.45. The van der Waals surface area contributed by atoms with Gasteiger partial charge in [-0.05, 0) is 19.9 Å². The Morgan fingerprint density at radius 2 is 2.20 bits per heavy atom. The SMILES string of the molecule is CCOC(=O)c1c(N)c2cnc(Cl)cc2n(CC)c1=O. The number of aromatic nitrogens is 2. The number of ether oxygens (including phenoxy) is 1. The molecule has 2 heterocycles. The molecule has 0 aliphatic heterocycles. The number of nitrogens with two attached hydrogens (primary N) is 1. The van der Waals surface area contributed by atoms with Gasteiger partial charge in [0.25, 0.3) is 5.56 Å². The quantitative estimate of drug-likeness (QED) is 0.689. The molecule has 2 aromatic rings. The van der Waals surface area contributed by atoms with Gasteiger partial charge in [-0.15, -0.1) is 0 Å². The van der Waals surface area contributed by atoms with Gasteiger partial charge in [-0.3, -0.25) is 4.79 Å². The molecule has 0 aliphatic rings. The van der Waals surface area contributed by atoms with Gasteiger partial charge in [0.2, 0.25) is 0 Å². The number of halogens is 1. The number of carbonyl (C=O) groups is 1. The van der Waals surface area contributed by atoms with E-state index in [1.807, 2.05) is 0 Å². The Kier molecular flexibility index (Phi) is 3.94. The number of nitrogens with zero attached hydrogens (tertiary/aromatic N) is 2. The van der Waals surface area contributed by atoms with Crippen molar-refractivity contribution in [2.45, 2.75) is 20.4 Å². The minimum Gasteiger partial charge on any atom is -0.462 e. The van der Waals surface area contributed by atoms with Crippen molar-refractivity contribution in [3.8, 4) is 0 Å². The van der Waals surface area contributed by atoms with Crippen LogP contribution in [0.5, 0.6) is 0 Å². The van der Waals surface area contributed by atoms with Gasteiger partial charge in [-0.1, -0.05) is 11.6 Å². The molecule has 106 valence electrons. The fourth-order valence-electron chi connectivity index (χ4n) is 2.06. The Labute approximate surface area is 120 Å². The third-order valence-electron chi connectivity index (χ3n) is 2.95. The molecule has 0 saturated carbocycles. The van der Waals surface area contributed by atoms with E-state index in [-0.39, 0.29) is 23.0 Å². The number of rotatable bonds is 3. The minimum atomic E-state index is -0.728. The summed E-state index contributed by atoms with van der Waals surface area (Å²) in [5.74, 6) is -0.728. The van der Waals surface area contributed by atoms with Crippen LogP contribution in [0.1, 0.15) is 24.2 Å². The molecule has 0 atom stereocenters. The standard InChI is InChI=1S/C13H14ClN3O3/c1-3-17-8-5-9(14)16-6-7(8)11(15)10(12(17)18)13(19)20-4-2/h5-6H,3-4,15H2,1-2H3. The van der Waals surface area contributed by atoms with Crippen molar-refractivity contribution in [2.24, 2.45) is 0 Å². The monoisotopic (exact) mass is 295 g/mol. The molecule has 2 rings (SSSR count). The lowest BCUT2D eigenvalue weighted by molar-refractivity contribution is 0.0525. The average molecular weight is 296 g/mol. The van der Waals surface area contributed by atoms with Crippen molar-refractivity contribution in [3.05, 3.63) is 33.3 Å². The number of hydrogen-bond acceptors (Lipinski definition) is 5. The van der Waals surface area contributed by atoms with Crippen LogP contribution in [0.15, 0.2) is 17.1 Å². The number of carbonyl (C=O) groups excluding carboxylic acids is 1. The van der Waals surface area contributed by atoms with Crippen molar-refractivity contribution in [3.63, 3.8) is 0 Å². The third-order valence-corrected chi connectivity index (χ3v) is 3.16. The highest BCUT2D eigenvalue weighted by molar-refractivity contribution is 6.30. The van der Waals surface area contributed by atoms with Gasteiger partial charge in [-0.25, -0.2) is 9.78 Å². The Hall–Kier alpha value is -2.08. The van der Waals surface area contributed by atoms with Crippen LogP contribution in [0.3, 0.4) is 0 Å². The molecule has 0 bridgehead atoms. The molecule has 6 nitrogen and oxygen atoms in total. The zero-order valence-electron chi connectivity index (χ0n) is 11.1. The second-order valence-corrected chi connectivity index (χ2v) is 4.47. The molecule has 0 fully saturated rings. The van der Waals surface area contributed by atoms with Crippen molar-refractivity contribution >= 4 is 34.2 Å². The highest BCUT2D eigenvalue weighted by Crippen LogP contribution is 2.24. The van der Waals surface area contributed by atoms with Crippen molar-refractivity contribution in [1.29, 1.82) is 0 Å². The summed E-state index contributed by atoms with van der Waals surface area (Å²) in [5.41, 5.74) is 5.89. The van der Waals surface area contributed by atoms with E-state index in [0.29, 0.717) is 17.4 Å². The molecule has 0 aromatic carbocycles. The predicted octanol–water partition coefficient (Wildman–Crippen LogP) is 1.83. The van der Waals surface area contributed by atoms with Crippen LogP contribution in [0.4, 0.5) is 5.69 Å². The Morgan fingerprint density at radius 1 is 1.50 bits per heavy atom. The Balaban J connectivity index is 2.88. The maximum atomic E-state index is 12.4. The molecule has 2 aromatic heterocycles. The summed E-state index contributed by atoms with van der Waals surface area (Å²) in [7, 11) is 0. The molecule has 0 aliphatic carbocycles. The van der Waals surface area contributed by atoms with Crippen LogP contribution in [0.2, 0.25) is 5.15 Å². The number of fused-ring (bicyclic) bond motifs is 1. The average Bonchev–Trinajstić information content (AvgIpc) is 2.39. The van der Waals surface area contributed by atoms with E-state index < -0.39 is 11.5 Å². The normalized spacial score (nSPS) is 10.8. The molecule has 2 N–H and O–H groups in total. The molecule has 0 radical (unpaired) electrons. The summed E-state index contributed by atoms with van der Waals surface area (Å²) in [6.45, 7) is 4.00. The lowest BCUT2D eigenvalue weighted by atomic mass is 10.1. The van der Waals surface area contributed by atoms with E-state index in [4.69, 9.17) is 22.1 Å². The smallest absolute Gasteiger partial charge is 0.345 e. The lowest BCUT2D eigenvalue weighted by Crippen LogP contribution is -2.29. The predicted molar refractivity (Wildman–Crippen MR) is 77.1 cm³/mol. The van der Waals surface area contributed by atoms with E-state index in [1.165, 1.54) is 10.8 Å². The molecule has 0 unspecified atom stereocenters. The van der Waals surface area contributed by atoms with E-state index in [2.05, 4.69) is 4.98 Å². The number of hydrogen-bond donors (Lipinski definition) is 1. The van der Waals surface area contributed by atoms with Gasteiger partial charge in [0.15, 0.2) is 0 Å². The lowest BCUT2D eigenvalue weighted by Gasteiger charge is -2.13. The topological polar surface area (TPSA) is 87.2 Å². The summed E-state index contributed by atoms with van der Waals surface area (Å²) in [4.78, 5) is 28.2. The van der Waals surface area contributed by atoms with Crippen LogP contribution in [-0.2, 0) is 11.3 Å². The number of pyridine rings is 2. The van der Waals surface area contributed by atoms with Gasteiger partial charge in [0.1, 0.15) is 10.7 Å². The van der Waals surface area contributed by atoms with Crippen LogP contribution in [-0.4, -0.2) is 22.1 Å². The van der Waals surface area contributed by atoms with Gasteiger partial charge in [0, 0.05) is 18.1 Å². The summed E-state index contributed by atoms with van der Waals surface area (Å²) in [5, 5.41) is 0.751. The van der Waals surface area contributed by atoms with Crippen molar-refractivity contribution < 1.29 is 9.53 Å². The second-order valence-electron chi connectivity index (χ2n) is 4.08. The van der Waals surface area contributed by atoms with E-state index in [9.17, 15) is 9.59 Å². The fraction of sp³-hybridized carbons (Fsp3) is 0.308. The van der Waals surface area contributed by atoms with E-state index in [1.54, 1.807) is 19.9 Å². The molecule has 20 heavy (non-hydrogen) atoms. The van der Waals surface area contributed by atoms with Crippen LogP contribution in [0.25, 0.3) is 10.9 Å². The molecular weight excluding hydrogens is 282 g/mol. The zero-order chi connectivity index (χ0) is 14.9. The minimum absolute atomic E-state index is 0.0670. The number of nitrogen functional groups attached to an aromatic ring is 1. The highest BCUT2D eigenvalue weighted by atomic mass is 35.5. The second kappa shape index (κ2) is 5.50. The first-order valence-electron chi connectivity index (χ1n) is 6.15. The van der Waals surface area contributed by atoms with Crippen LogP contribution < -0.4 is 11.3 Å². The van der Waals surface area contributed by atoms with Crippen molar-refractivity contribution in [2.75, 3.05) is 12.3 Å². The third kappa shape index (κ3) is 2.22. The van der Waals surface area contributed by atoms with Gasteiger partial charge in [0.05, 0.1) is 17.8 Å². The fourth-order valence-corrected chi connectivity index (χ4v) is 2.21. The Morgan fingerprint density at radius 3 is 2.80 bits per heavy atom. The van der Waals surface area contributed by atoms with Gasteiger partial charge < -0.3 is 15.0 Å². The summed E-state index contributed by atoms with van der Waals surface area (Å²) >= 11 is 5.85. The number of aryl methyl sites for hydroxylation is 1. The van der Waals surface area contributed by atoms with E-state index >= 15 is 0 Å². The van der Waals surface area contributed by atoms with E-state index in [0.717, 1.165) is 0 Å². The highest BCUT2D eigenvalue weighted by Gasteiger charge is 2.21. The van der Waals surface area contributed by atoms with Crippen LogP contribution >= 0.6 is 11.6 Å². The number of esters is 1. The van der Waals surface area contributed by atoms with Gasteiger partial charge >= 0.3 is 5.97 Å². The summed E-state index contributed by atoms with van der Waals surface area (Å²) in [6, 6.07) is 1.55. The Bertz CT molecular complexity index is 740. The van der Waals surface area contributed by atoms with Gasteiger partial charge in [-0.2, -0.15) is 0 Å². The molecule has 7 heteroatoms. The maximum absolute atomic E-state index is 12.4. The first-order valence-corrected chi connectivity index (χ1v) is 6.53. The maximum Gasteiger partial charge on any atom is 0.345 e. The first-order chi connectivity index (χ1) is 9.51. The first kappa shape index (κ1) is 14.3. The number of anilines is 1. The van der Waals surface area contributed by atoms with Crippen molar-refractivity contribution in [1.82, 2.24) is 9.55 Å². The molecule has 0 amide bonds. The molecule has 0 saturated heterocycles. The molecule has 0 spiro atoms. The summed E-state index contributed by atoms with van der Waals surface area (Å²) < 4.78 is 6.31. The zero-order valence-corrected chi connectivity index (χ0v) is 11.9. The van der Waals surface area contributed by atoms with Crippen LogP contribution in [0, 0.1) is 0 Å².